The van der Waals surface area contributed by atoms with Crippen LogP contribution in [0.1, 0.15) is 32.1 Å². The number of amides is 2. The van der Waals surface area contributed by atoms with Crippen LogP contribution in [0.3, 0.4) is 0 Å². The van der Waals surface area contributed by atoms with E-state index >= 15 is 0 Å². The SMILES string of the molecule is O=C(CN1C(=O)CSc2ncccc21)NCCC1=CCCCC1. The quantitative estimate of drug-likeness (QED) is 0.842. The number of hydrogen-bond acceptors (Lipinski definition) is 4. The van der Waals surface area contributed by atoms with Crippen molar-refractivity contribution in [3.63, 3.8) is 0 Å². The average Bonchev–Trinajstić information content (AvgIpc) is 2.58. The van der Waals surface area contributed by atoms with Gasteiger partial charge in [-0.25, -0.2) is 4.98 Å². The number of nitrogens with zero attached hydrogens (tertiary/aromatic N) is 2. The van der Waals surface area contributed by atoms with Gasteiger partial charge in [-0.15, -0.1) is 0 Å². The van der Waals surface area contributed by atoms with Crippen molar-refractivity contribution in [1.82, 2.24) is 10.3 Å². The maximum atomic E-state index is 12.2. The van der Waals surface area contributed by atoms with Gasteiger partial charge in [-0.1, -0.05) is 23.4 Å². The van der Waals surface area contributed by atoms with Gasteiger partial charge >= 0.3 is 0 Å². The molecule has 0 bridgehead atoms. The van der Waals surface area contributed by atoms with E-state index in [4.69, 9.17) is 0 Å². The molecule has 0 radical (unpaired) electrons. The van der Waals surface area contributed by atoms with Crippen molar-refractivity contribution in [2.24, 2.45) is 0 Å². The van der Waals surface area contributed by atoms with Crippen LogP contribution in [-0.4, -0.2) is 35.6 Å². The summed E-state index contributed by atoms with van der Waals surface area (Å²) in [5.41, 5.74) is 2.18. The van der Waals surface area contributed by atoms with Gasteiger partial charge < -0.3 is 5.32 Å². The largest absolute Gasteiger partial charge is 0.354 e. The Bertz CT molecular complexity index is 630. The predicted molar refractivity (Wildman–Crippen MR) is 91.5 cm³/mol. The minimum Gasteiger partial charge on any atom is -0.354 e. The molecule has 1 aliphatic heterocycles. The number of carbonyl (C=O) groups excluding carboxylic acids is 2. The molecule has 0 atom stereocenters. The van der Waals surface area contributed by atoms with E-state index in [1.807, 2.05) is 6.07 Å². The van der Waals surface area contributed by atoms with Crippen LogP contribution < -0.4 is 10.2 Å². The third-order valence-corrected chi connectivity index (χ3v) is 5.11. The molecule has 0 spiro atoms. The van der Waals surface area contributed by atoms with E-state index in [9.17, 15) is 9.59 Å². The lowest BCUT2D eigenvalue weighted by atomic mass is 9.97. The van der Waals surface area contributed by atoms with E-state index in [-0.39, 0.29) is 18.4 Å². The molecule has 2 amide bonds. The number of allylic oxidation sites excluding steroid dienone is 1. The topological polar surface area (TPSA) is 62.3 Å². The molecule has 0 saturated carbocycles. The Balaban J connectivity index is 1.53. The molecule has 122 valence electrons. The number of carbonyl (C=O) groups is 2. The first-order chi connectivity index (χ1) is 11.2. The molecule has 1 aliphatic carbocycles. The van der Waals surface area contributed by atoms with Crippen molar-refractivity contribution in [2.75, 3.05) is 23.7 Å². The zero-order valence-corrected chi connectivity index (χ0v) is 13.9. The maximum absolute atomic E-state index is 12.2. The fourth-order valence-electron chi connectivity index (χ4n) is 2.91. The second-order valence-corrected chi connectivity index (χ2v) is 6.77. The summed E-state index contributed by atoms with van der Waals surface area (Å²) in [6.45, 7) is 0.707. The third-order valence-electron chi connectivity index (χ3n) is 4.13. The number of pyridine rings is 1. The van der Waals surface area contributed by atoms with E-state index < -0.39 is 0 Å². The van der Waals surface area contributed by atoms with Crippen molar-refractivity contribution in [3.05, 3.63) is 30.0 Å². The third kappa shape index (κ3) is 4.13. The summed E-state index contributed by atoms with van der Waals surface area (Å²) >= 11 is 1.42. The van der Waals surface area contributed by atoms with Crippen molar-refractivity contribution >= 4 is 29.3 Å². The molecule has 3 rings (SSSR count). The molecule has 2 aliphatic rings. The Labute approximate surface area is 140 Å². The number of rotatable bonds is 5. The van der Waals surface area contributed by atoms with Crippen molar-refractivity contribution < 1.29 is 9.59 Å². The van der Waals surface area contributed by atoms with Crippen LogP contribution in [0.4, 0.5) is 5.69 Å². The fraction of sp³-hybridized carbons (Fsp3) is 0.471. The Hall–Kier alpha value is -1.82. The zero-order valence-electron chi connectivity index (χ0n) is 13.1. The highest BCUT2D eigenvalue weighted by Crippen LogP contribution is 2.32. The van der Waals surface area contributed by atoms with Gasteiger partial charge in [0.15, 0.2) is 0 Å². The summed E-state index contributed by atoms with van der Waals surface area (Å²) in [7, 11) is 0. The molecule has 1 N–H and O–H groups in total. The standard InChI is InChI=1S/C17H21N3O2S/c21-15(18-10-8-13-5-2-1-3-6-13)11-20-14-7-4-9-19-17(14)23-12-16(20)22/h4-5,7,9H,1-3,6,8,10-12H2,(H,18,21). The van der Waals surface area contributed by atoms with E-state index in [2.05, 4.69) is 16.4 Å². The van der Waals surface area contributed by atoms with Crippen LogP contribution in [0, 0.1) is 0 Å². The zero-order chi connectivity index (χ0) is 16.1. The first-order valence-corrected chi connectivity index (χ1v) is 9.05. The average molecular weight is 331 g/mol. The van der Waals surface area contributed by atoms with E-state index in [0.717, 1.165) is 30.0 Å². The normalized spacial score (nSPS) is 17.5. The van der Waals surface area contributed by atoms with Crippen LogP contribution in [0.2, 0.25) is 0 Å². The molecule has 0 fully saturated rings. The van der Waals surface area contributed by atoms with Crippen molar-refractivity contribution in [1.29, 1.82) is 0 Å². The van der Waals surface area contributed by atoms with Gasteiger partial charge in [-0.3, -0.25) is 14.5 Å². The lowest BCUT2D eigenvalue weighted by molar-refractivity contribution is -0.122. The molecule has 0 unspecified atom stereocenters. The van der Waals surface area contributed by atoms with Gasteiger partial charge in [0, 0.05) is 12.7 Å². The number of nitrogens with one attached hydrogen (secondary N) is 1. The highest BCUT2D eigenvalue weighted by Gasteiger charge is 2.26. The molecule has 1 aromatic rings. The van der Waals surface area contributed by atoms with E-state index in [0.29, 0.717) is 12.3 Å². The fourth-order valence-corrected chi connectivity index (χ4v) is 3.79. The molecule has 1 aromatic heterocycles. The monoisotopic (exact) mass is 331 g/mol. The van der Waals surface area contributed by atoms with Gasteiger partial charge in [0.05, 0.1) is 11.4 Å². The Morgan fingerprint density at radius 2 is 2.30 bits per heavy atom. The molecular weight excluding hydrogens is 310 g/mol. The molecule has 6 heteroatoms. The predicted octanol–water partition coefficient (Wildman–Crippen LogP) is 2.53. The minimum absolute atomic E-state index is 0.0411. The second-order valence-electron chi connectivity index (χ2n) is 5.80. The van der Waals surface area contributed by atoms with Crippen LogP contribution in [0.5, 0.6) is 0 Å². The lowest BCUT2D eigenvalue weighted by Crippen LogP contribution is -2.43. The van der Waals surface area contributed by atoms with Gasteiger partial charge in [-0.2, -0.15) is 0 Å². The Kier molecular flexibility index (Phi) is 5.33. The first-order valence-electron chi connectivity index (χ1n) is 8.07. The lowest BCUT2D eigenvalue weighted by Gasteiger charge is -2.27. The van der Waals surface area contributed by atoms with Gasteiger partial charge in [0.1, 0.15) is 11.6 Å². The van der Waals surface area contributed by atoms with Crippen molar-refractivity contribution in [2.45, 2.75) is 37.1 Å². The molecular formula is C17H21N3O2S. The number of anilines is 1. The van der Waals surface area contributed by atoms with Gasteiger partial charge in [-0.05, 0) is 44.2 Å². The maximum Gasteiger partial charge on any atom is 0.240 e. The first kappa shape index (κ1) is 16.1. The number of aromatic nitrogens is 1. The summed E-state index contributed by atoms with van der Waals surface area (Å²) in [6.07, 6.45) is 9.75. The molecule has 0 saturated heterocycles. The van der Waals surface area contributed by atoms with E-state index in [1.165, 1.54) is 35.1 Å². The summed E-state index contributed by atoms with van der Waals surface area (Å²) in [6, 6.07) is 3.63. The molecule has 0 aromatic carbocycles. The number of hydrogen-bond donors (Lipinski definition) is 1. The van der Waals surface area contributed by atoms with Gasteiger partial charge in [0.25, 0.3) is 0 Å². The van der Waals surface area contributed by atoms with Crippen LogP contribution in [0.25, 0.3) is 0 Å². The summed E-state index contributed by atoms with van der Waals surface area (Å²) in [5.74, 6) is 0.182. The van der Waals surface area contributed by atoms with Crippen molar-refractivity contribution in [3.8, 4) is 0 Å². The number of thioether (sulfide) groups is 1. The number of fused-ring (bicyclic) bond motifs is 1. The Morgan fingerprint density at radius 3 is 3.13 bits per heavy atom. The Morgan fingerprint density at radius 1 is 1.39 bits per heavy atom. The molecule has 5 nitrogen and oxygen atoms in total. The van der Waals surface area contributed by atoms with Crippen LogP contribution >= 0.6 is 11.8 Å². The second kappa shape index (κ2) is 7.64. The molecule has 23 heavy (non-hydrogen) atoms. The van der Waals surface area contributed by atoms with Crippen LogP contribution in [0.15, 0.2) is 35.0 Å². The minimum atomic E-state index is -0.114. The summed E-state index contributed by atoms with van der Waals surface area (Å²) < 4.78 is 0. The van der Waals surface area contributed by atoms with E-state index in [1.54, 1.807) is 12.3 Å². The summed E-state index contributed by atoms with van der Waals surface area (Å²) in [4.78, 5) is 30.1. The highest BCUT2D eigenvalue weighted by molar-refractivity contribution is 8.00. The summed E-state index contributed by atoms with van der Waals surface area (Å²) in [5, 5.41) is 3.74. The van der Waals surface area contributed by atoms with Gasteiger partial charge in [0.2, 0.25) is 11.8 Å². The van der Waals surface area contributed by atoms with Crippen LogP contribution in [-0.2, 0) is 9.59 Å². The molecule has 2 heterocycles. The highest BCUT2D eigenvalue weighted by atomic mass is 32.2. The smallest absolute Gasteiger partial charge is 0.240 e.